The molecule has 20 heavy (non-hydrogen) atoms. The molecule has 0 saturated carbocycles. The second-order valence-electron chi connectivity index (χ2n) is 4.99. The summed E-state index contributed by atoms with van der Waals surface area (Å²) < 4.78 is 1.14. The summed E-state index contributed by atoms with van der Waals surface area (Å²) in [6.07, 6.45) is 0. The number of anilines is 2. The predicted molar refractivity (Wildman–Crippen MR) is 92.0 cm³/mol. The van der Waals surface area contributed by atoms with Gasteiger partial charge in [-0.2, -0.15) is 0 Å². The van der Waals surface area contributed by atoms with E-state index < -0.39 is 0 Å². The molecule has 0 aliphatic heterocycles. The van der Waals surface area contributed by atoms with E-state index in [4.69, 9.17) is 11.6 Å². The van der Waals surface area contributed by atoms with Crippen molar-refractivity contribution in [2.24, 2.45) is 0 Å². The second-order valence-corrected chi connectivity index (χ2v) is 6.28. The molecule has 2 aromatic rings. The van der Waals surface area contributed by atoms with Crippen molar-refractivity contribution in [3.8, 4) is 0 Å². The van der Waals surface area contributed by atoms with Crippen LogP contribution in [-0.2, 0) is 6.54 Å². The van der Waals surface area contributed by atoms with Gasteiger partial charge in [0.25, 0.3) is 0 Å². The Morgan fingerprint density at radius 3 is 2.55 bits per heavy atom. The summed E-state index contributed by atoms with van der Waals surface area (Å²) in [6, 6.07) is 12.3. The average Bonchev–Trinajstić information content (AvgIpc) is 2.40. The molecular weight excluding hydrogens is 336 g/mol. The van der Waals surface area contributed by atoms with E-state index in [2.05, 4.69) is 51.3 Å². The minimum atomic E-state index is 0.741. The Bertz CT molecular complexity index is 611. The maximum absolute atomic E-state index is 6.08. The highest BCUT2D eigenvalue weighted by atomic mass is 79.9. The Labute approximate surface area is 133 Å². The van der Waals surface area contributed by atoms with Crippen molar-refractivity contribution in [2.45, 2.75) is 13.5 Å². The molecule has 1 N–H and O–H groups in total. The van der Waals surface area contributed by atoms with E-state index in [1.54, 1.807) is 0 Å². The van der Waals surface area contributed by atoms with E-state index in [-0.39, 0.29) is 0 Å². The summed E-state index contributed by atoms with van der Waals surface area (Å²) in [4.78, 5) is 2.07. The lowest BCUT2D eigenvalue weighted by atomic mass is 10.1. The molecule has 106 valence electrons. The van der Waals surface area contributed by atoms with Gasteiger partial charge in [-0.3, -0.25) is 0 Å². The van der Waals surface area contributed by atoms with Crippen molar-refractivity contribution in [1.29, 1.82) is 0 Å². The van der Waals surface area contributed by atoms with Gasteiger partial charge in [0.1, 0.15) is 0 Å². The van der Waals surface area contributed by atoms with Gasteiger partial charge in [0.15, 0.2) is 0 Å². The molecule has 0 heterocycles. The summed E-state index contributed by atoms with van der Waals surface area (Å²) in [6.45, 7) is 2.87. The molecule has 2 nitrogen and oxygen atoms in total. The van der Waals surface area contributed by atoms with Gasteiger partial charge in [-0.05, 0) is 42.3 Å². The van der Waals surface area contributed by atoms with Crippen LogP contribution in [0.1, 0.15) is 11.1 Å². The number of rotatable bonds is 4. The zero-order valence-electron chi connectivity index (χ0n) is 11.9. The first-order chi connectivity index (χ1) is 9.47. The monoisotopic (exact) mass is 352 g/mol. The lowest BCUT2D eigenvalue weighted by Crippen LogP contribution is -2.12. The fraction of sp³-hybridized carbons (Fsp3) is 0.250. The van der Waals surface area contributed by atoms with Gasteiger partial charge < -0.3 is 10.2 Å². The number of aryl methyl sites for hydroxylation is 1. The first-order valence-corrected chi connectivity index (χ1v) is 7.60. The van der Waals surface area contributed by atoms with E-state index in [1.807, 2.05) is 32.3 Å². The predicted octanol–water partition coefficient (Wildman–Crippen LogP) is 5.09. The lowest BCUT2D eigenvalue weighted by Gasteiger charge is -2.19. The van der Waals surface area contributed by atoms with Crippen LogP contribution in [0, 0.1) is 6.92 Å². The summed E-state index contributed by atoms with van der Waals surface area (Å²) in [5, 5.41) is 4.20. The fourth-order valence-electron chi connectivity index (χ4n) is 2.05. The molecule has 0 radical (unpaired) electrons. The molecule has 0 spiro atoms. The zero-order chi connectivity index (χ0) is 14.7. The maximum atomic E-state index is 6.08. The number of benzene rings is 2. The van der Waals surface area contributed by atoms with Crippen LogP contribution >= 0.6 is 27.5 Å². The Hall–Kier alpha value is -1.19. The highest BCUT2D eigenvalue weighted by molar-refractivity contribution is 9.10. The van der Waals surface area contributed by atoms with Gasteiger partial charge in [-0.25, -0.2) is 0 Å². The normalized spacial score (nSPS) is 10.4. The number of hydrogen-bond acceptors (Lipinski definition) is 2. The molecule has 4 heteroatoms. The van der Waals surface area contributed by atoms with Crippen LogP contribution in [0.15, 0.2) is 40.9 Å². The van der Waals surface area contributed by atoms with E-state index >= 15 is 0 Å². The van der Waals surface area contributed by atoms with Gasteiger partial charge in [0.05, 0.1) is 11.4 Å². The van der Waals surface area contributed by atoms with E-state index in [1.165, 1.54) is 11.1 Å². The Morgan fingerprint density at radius 2 is 1.90 bits per heavy atom. The van der Waals surface area contributed by atoms with E-state index in [9.17, 15) is 0 Å². The second kappa shape index (κ2) is 6.51. The molecule has 0 fully saturated rings. The summed E-state index contributed by atoms with van der Waals surface area (Å²) in [5.74, 6) is 0. The molecule has 0 aromatic heterocycles. The quantitative estimate of drug-likeness (QED) is 0.823. The van der Waals surface area contributed by atoms with Crippen molar-refractivity contribution < 1.29 is 0 Å². The molecule has 2 rings (SSSR count). The van der Waals surface area contributed by atoms with Crippen LogP contribution in [0.2, 0.25) is 5.02 Å². The van der Waals surface area contributed by atoms with Crippen LogP contribution in [0.3, 0.4) is 0 Å². The molecule has 0 unspecified atom stereocenters. The molecule has 0 aliphatic carbocycles. The third-order valence-corrected chi connectivity index (χ3v) is 4.27. The maximum Gasteiger partial charge on any atom is 0.0597 e. The summed E-state index contributed by atoms with van der Waals surface area (Å²) >= 11 is 9.61. The zero-order valence-corrected chi connectivity index (χ0v) is 14.2. The molecule has 0 bridgehead atoms. The molecule has 0 atom stereocenters. The summed E-state index contributed by atoms with van der Waals surface area (Å²) in [5.41, 5.74) is 4.66. The van der Waals surface area contributed by atoms with Gasteiger partial charge in [-0.15, -0.1) is 0 Å². The molecule has 0 saturated heterocycles. The van der Waals surface area contributed by atoms with Crippen molar-refractivity contribution in [3.05, 3.63) is 57.0 Å². The minimum absolute atomic E-state index is 0.741. The summed E-state index contributed by atoms with van der Waals surface area (Å²) in [7, 11) is 4.05. The molecular formula is C16H18BrClN2. The number of nitrogens with zero attached hydrogens (tertiary/aromatic N) is 1. The third-order valence-electron chi connectivity index (χ3n) is 3.15. The van der Waals surface area contributed by atoms with Gasteiger partial charge in [0.2, 0.25) is 0 Å². The van der Waals surface area contributed by atoms with Crippen LogP contribution < -0.4 is 10.2 Å². The standard InChI is InChI=1S/C16H18BrClN2/c1-11-8-12(4-6-14(11)17)10-19-15-9-13(18)5-7-16(15)20(2)3/h4-9,19H,10H2,1-3H3. The first-order valence-electron chi connectivity index (χ1n) is 6.43. The van der Waals surface area contributed by atoms with Crippen molar-refractivity contribution in [3.63, 3.8) is 0 Å². The Kier molecular flexibility index (Phi) is 4.95. The first kappa shape index (κ1) is 15.2. The van der Waals surface area contributed by atoms with Crippen LogP contribution in [0.4, 0.5) is 11.4 Å². The van der Waals surface area contributed by atoms with Gasteiger partial charge in [-0.1, -0.05) is 39.7 Å². The average molecular weight is 354 g/mol. The SMILES string of the molecule is Cc1cc(CNc2cc(Cl)ccc2N(C)C)ccc1Br. The van der Waals surface area contributed by atoms with Gasteiger partial charge >= 0.3 is 0 Å². The third kappa shape index (κ3) is 3.68. The Balaban J connectivity index is 2.17. The van der Waals surface area contributed by atoms with Gasteiger partial charge in [0, 0.05) is 30.1 Å². The molecule has 0 aliphatic rings. The van der Waals surface area contributed by atoms with E-state index in [0.717, 1.165) is 27.4 Å². The molecule has 2 aromatic carbocycles. The highest BCUT2D eigenvalue weighted by Crippen LogP contribution is 2.28. The lowest BCUT2D eigenvalue weighted by molar-refractivity contribution is 1.10. The molecule has 0 amide bonds. The van der Waals surface area contributed by atoms with E-state index in [0.29, 0.717) is 0 Å². The van der Waals surface area contributed by atoms with Crippen molar-refractivity contribution in [1.82, 2.24) is 0 Å². The fourth-order valence-corrected chi connectivity index (χ4v) is 2.47. The highest BCUT2D eigenvalue weighted by Gasteiger charge is 2.05. The van der Waals surface area contributed by atoms with Crippen LogP contribution in [0.5, 0.6) is 0 Å². The Morgan fingerprint density at radius 1 is 1.15 bits per heavy atom. The van der Waals surface area contributed by atoms with Crippen LogP contribution in [-0.4, -0.2) is 14.1 Å². The van der Waals surface area contributed by atoms with Crippen LogP contribution in [0.25, 0.3) is 0 Å². The topological polar surface area (TPSA) is 15.3 Å². The van der Waals surface area contributed by atoms with Crippen molar-refractivity contribution >= 4 is 38.9 Å². The number of nitrogens with one attached hydrogen (secondary N) is 1. The number of hydrogen-bond donors (Lipinski definition) is 1. The minimum Gasteiger partial charge on any atom is -0.379 e. The largest absolute Gasteiger partial charge is 0.379 e. The number of halogens is 2. The smallest absolute Gasteiger partial charge is 0.0597 e. The van der Waals surface area contributed by atoms with Crippen molar-refractivity contribution in [2.75, 3.05) is 24.3 Å².